The second-order valence-corrected chi connectivity index (χ2v) is 6.76. The Labute approximate surface area is 176 Å². The molecule has 31 heavy (non-hydrogen) atoms. The highest BCUT2D eigenvalue weighted by Crippen LogP contribution is 2.29. The lowest BCUT2D eigenvalue weighted by molar-refractivity contribution is -0.116. The van der Waals surface area contributed by atoms with Gasteiger partial charge < -0.3 is 14.6 Å². The number of benzene rings is 2. The van der Waals surface area contributed by atoms with Gasteiger partial charge in [0.05, 0.1) is 36.7 Å². The highest BCUT2D eigenvalue weighted by Gasteiger charge is 2.14. The van der Waals surface area contributed by atoms with Crippen molar-refractivity contribution in [3.05, 3.63) is 72.4 Å². The number of ether oxygens (including phenoxy) is 1. The van der Waals surface area contributed by atoms with Crippen LogP contribution < -0.4 is 10.1 Å². The Kier molecular flexibility index (Phi) is 5.44. The molecule has 0 aliphatic carbocycles. The summed E-state index contributed by atoms with van der Waals surface area (Å²) in [6.45, 7) is 1.68. The number of rotatable bonds is 6. The monoisotopic (exact) mass is 424 g/mol. The van der Waals surface area contributed by atoms with Gasteiger partial charge in [0.25, 0.3) is 0 Å². The predicted molar refractivity (Wildman–Crippen MR) is 109 cm³/mol. The molecule has 0 aliphatic rings. The molecular formula is C21H18F2N6O2. The summed E-state index contributed by atoms with van der Waals surface area (Å²) in [5, 5.41) is 10.3. The number of anilines is 1. The molecule has 4 aromatic rings. The number of imidazole rings is 1. The number of aryl methyl sites for hydroxylation is 1. The Morgan fingerprint density at radius 3 is 2.77 bits per heavy atom. The molecule has 0 bridgehead atoms. The van der Waals surface area contributed by atoms with Crippen molar-refractivity contribution in [2.45, 2.75) is 13.5 Å². The van der Waals surface area contributed by atoms with E-state index in [2.05, 4.69) is 20.6 Å². The Morgan fingerprint density at radius 1 is 1.19 bits per heavy atom. The summed E-state index contributed by atoms with van der Waals surface area (Å²) in [5.41, 5.74) is 2.72. The van der Waals surface area contributed by atoms with Crippen LogP contribution in [0.2, 0.25) is 0 Å². The zero-order chi connectivity index (χ0) is 22.0. The van der Waals surface area contributed by atoms with Crippen LogP contribution >= 0.6 is 0 Å². The van der Waals surface area contributed by atoms with Crippen LogP contribution in [0, 0.1) is 18.6 Å². The largest absolute Gasteiger partial charge is 0.495 e. The van der Waals surface area contributed by atoms with Gasteiger partial charge in [-0.05, 0) is 31.2 Å². The third-order valence-electron chi connectivity index (χ3n) is 4.54. The van der Waals surface area contributed by atoms with Gasteiger partial charge in [0.2, 0.25) is 5.91 Å². The van der Waals surface area contributed by atoms with Crippen LogP contribution in [-0.4, -0.2) is 37.6 Å². The number of amides is 1. The lowest BCUT2D eigenvalue weighted by atomic mass is 10.1. The summed E-state index contributed by atoms with van der Waals surface area (Å²) in [6, 6.07) is 9.09. The number of nitrogens with zero attached hydrogens (tertiary/aromatic N) is 5. The van der Waals surface area contributed by atoms with E-state index in [0.29, 0.717) is 11.4 Å². The minimum atomic E-state index is -1.12. The van der Waals surface area contributed by atoms with E-state index >= 15 is 0 Å². The molecule has 0 radical (unpaired) electrons. The lowest BCUT2D eigenvalue weighted by Gasteiger charge is -2.10. The first kappa shape index (κ1) is 20.2. The van der Waals surface area contributed by atoms with Crippen LogP contribution in [0.5, 0.6) is 5.75 Å². The predicted octanol–water partition coefficient (Wildman–Crippen LogP) is 3.36. The number of methoxy groups -OCH3 is 1. The van der Waals surface area contributed by atoms with Gasteiger partial charge >= 0.3 is 0 Å². The van der Waals surface area contributed by atoms with Crippen molar-refractivity contribution in [1.29, 1.82) is 0 Å². The molecule has 8 nitrogen and oxygen atoms in total. The van der Waals surface area contributed by atoms with Gasteiger partial charge in [-0.3, -0.25) is 4.79 Å². The zero-order valence-electron chi connectivity index (χ0n) is 16.7. The Morgan fingerprint density at radius 2 is 2.03 bits per heavy atom. The topological polar surface area (TPSA) is 86.9 Å². The van der Waals surface area contributed by atoms with Crippen molar-refractivity contribution < 1.29 is 18.3 Å². The summed E-state index contributed by atoms with van der Waals surface area (Å²) in [7, 11) is 1.57. The smallest absolute Gasteiger partial charge is 0.246 e. The van der Waals surface area contributed by atoms with E-state index < -0.39 is 17.5 Å². The maximum absolute atomic E-state index is 13.7. The van der Waals surface area contributed by atoms with E-state index in [1.165, 1.54) is 16.8 Å². The number of hydrogen-bond acceptors (Lipinski definition) is 5. The molecule has 2 aromatic carbocycles. The summed E-state index contributed by atoms with van der Waals surface area (Å²) >= 11 is 0. The number of nitrogens with one attached hydrogen (secondary N) is 1. The Bertz CT molecular complexity index is 1250. The van der Waals surface area contributed by atoms with Crippen molar-refractivity contribution in [1.82, 2.24) is 24.5 Å². The molecule has 4 rings (SSSR count). The molecule has 10 heteroatoms. The molecule has 0 spiro atoms. The average Bonchev–Trinajstić information content (AvgIpc) is 3.40. The van der Waals surface area contributed by atoms with Gasteiger partial charge in [-0.2, -0.15) is 0 Å². The number of carbonyl (C=O) groups excluding carboxylic acids is 1. The highest BCUT2D eigenvalue weighted by atomic mass is 19.2. The highest BCUT2D eigenvalue weighted by molar-refractivity contribution is 5.90. The van der Waals surface area contributed by atoms with Crippen molar-refractivity contribution in [3.63, 3.8) is 0 Å². The normalized spacial score (nSPS) is 10.8. The first-order valence-corrected chi connectivity index (χ1v) is 9.28. The molecule has 158 valence electrons. The summed E-state index contributed by atoms with van der Waals surface area (Å²) in [5.74, 6) is -2.10. The summed E-state index contributed by atoms with van der Waals surface area (Å²) in [6.07, 6.45) is 5.16. The maximum atomic E-state index is 13.7. The molecule has 1 amide bonds. The van der Waals surface area contributed by atoms with E-state index in [0.717, 1.165) is 23.0 Å². The van der Waals surface area contributed by atoms with Gasteiger partial charge in [0, 0.05) is 11.8 Å². The molecule has 2 heterocycles. The van der Waals surface area contributed by atoms with Crippen molar-refractivity contribution >= 4 is 11.6 Å². The first-order valence-electron chi connectivity index (χ1n) is 9.28. The van der Waals surface area contributed by atoms with E-state index in [1.54, 1.807) is 25.7 Å². The number of hydrogen-bond donors (Lipinski definition) is 1. The molecule has 2 aromatic heterocycles. The fourth-order valence-electron chi connectivity index (χ4n) is 3.05. The van der Waals surface area contributed by atoms with Crippen LogP contribution in [0.25, 0.3) is 16.9 Å². The van der Waals surface area contributed by atoms with Crippen molar-refractivity contribution in [3.8, 4) is 22.7 Å². The average molecular weight is 424 g/mol. The van der Waals surface area contributed by atoms with Crippen LogP contribution in [0.3, 0.4) is 0 Å². The first-order chi connectivity index (χ1) is 14.9. The quantitative estimate of drug-likeness (QED) is 0.513. The summed E-state index contributed by atoms with van der Waals surface area (Å²) in [4.78, 5) is 16.4. The van der Waals surface area contributed by atoms with Gasteiger partial charge in [-0.15, -0.1) is 5.10 Å². The van der Waals surface area contributed by atoms with Gasteiger partial charge in [0.15, 0.2) is 11.6 Å². The van der Waals surface area contributed by atoms with E-state index in [9.17, 15) is 13.6 Å². The van der Waals surface area contributed by atoms with E-state index in [1.807, 2.05) is 29.8 Å². The fraction of sp³-hybridized carbons (Fsp3) is 0.143. The van der Waals surface area contributed by atoms with E-state index in [-0.39, 0.29) is 12.2 Å². The molecule has 0 atom stereocenters. The second-order valence-electron chi connectivity index (χ2n) is 6.76. The molecule has 0 saturated heterocycles. The van der Waals surface area contributed by atoms with Crippen LogP contribution in [0.15, 0.2) is 55.1 Å². The number of carbonyl (C=O) groups is 1. The fourth-order valence-corrected chi connectivity index (χ4v) is 3.05. The molecule has 0 aliphatic heterocycles. The Hall–Kier alpha value is -4.08. The minimum absolute atomic E-state index is 0.216. The van der Waals surface area contributed by atoms with Gasteiger partial charge in [0.1, 0.15) is 18.0 Å². The number of halogens is 2. The summed E-state index contributed by atoms with van der Waals surface area (Å²) < 4.78 is 35.6. The van der Waals surface area contributed by atoms with E-state index in [4.69, 9.17) is 4.74 Å². The molecular weight excluding hydrogens is 406 g/mol. The third-order valence-corrected chi connectivity index (χ3v) is 4.54. The maximum Gasteiger partial charge on any atom is 0.246 e. The minimum Gasteiger partial charge on any atom is -0.495 e. The third kappa shape index (κ3) is 4.27. The molecule has 1 N–H and O–H groups in total. The van der Waals surface area contributed by atoms with Gasteiger partial charge in [-0.25, -0.2) is 18.4 Å². The standard InChI is InChI=1S/C21H18F2N6O2/c1-13-9-28(12-24-13)18-7-6-14(8-19(18)31-2)17-10-29(27-26-17)11-20(30)25-16-5-3-4-15(22)21(16)23/h3-10,12H,11H2,1-2H3,(H,25,30). The number of aromatic nitrogens is 5. The van der Waals surface area contributed by atoms with Crippen LogP contribution in [0.1, 0.15) is 5.69 Å². The molecule has 0 unspecified atom stereocenters. The lowest BCUT2D eigenvalue weighted by Crippen LogP contribution is -2.20. The molecule has 0 fully saturated rings. The SMILES string of the molecule is COc1cc(-c2cn(CC(=O)Nc3cccc(F)c3F)nn2)ccc1-n1cnc(C)c1. The zero-order valence-corrected chi connectivity index (χ0v) is 16.7. The van der Waals surface area contributed by atoms with Crippen LogP contribution in [-0.2, 0) is 11.3 Å². The Balaban J connectivity index is 1.50. The van der Waals surface area contributed by atoms with Crippen LogP contribution in [0.4, 0.5) is 14.5 Å². The van der Waals surface area contributed by atoms with Gasteiger partial charge in [-0.1, -0.05) is 17.3 Å². The van der Waals surface area contributed by atoms with Crippen molar-refractivity contribution in [2.75, 3.05) is 12.4 Å². The van der Waals surface area contributed by atoms with Crippen molar-refractivity contribution in [2.24, 2.45) is 0 Å². The second kappa shape index (κ2) is 8.34. The molecule has 0 saturated carbocycles.